The molecule has 0 spiro atoms. The van der Waals surface area contributed by atoms with Crippen LogP contribution in [0.1, 0.15) is 54.6 Å². The second-order valence-corrected chi connectivity index (χ2v) is 7.12. The fourth-order valence-electron chi connectivity index (χ4n) is 1.87. The number of hydrogen-bond donors (Lipinski definition) is 1. The maximum absolute atomic E-state index is 11.3. The lowest BCUT2D eigenvalue weighted by atomic mass is 10.1. The molecule has 2 rings (SSSR count). The van der Waals surface area contributed by atoms with E-state index in [0.717, 1.165) is 53.5 Å². The van der Waals surface area contributed by atoms with Crippen LogP contribution in [-0.2, 0) is 24.1 Å². The van der Waals surface area contributed by atoms with Crippen molar-refractivity contribution in [1.29, 1.82) is 0 Å². The second-order valence-electron chi connectivity index (χ2n) is 4.91. The van der Waals surface area contributed by atoms with Crippen molar-refractivity contribution in [3.63, 3.8) is 0 Å². The summed E-state index contributed by atoms with van der Waals surface area (Å²) in [5.41, 5.74) is 0. The first-order valence-corrected chi connectivity index (χ1v) is 9.28. The Hall–Kier alpha value is -1.41. The van der Waals surface area contributed by atoms with Crippen molar-refractivity contribution in [3.05, 3.63) is 15.0 Å². The highest BCUT2D eigenvalue weighted by molar-refractivity contribution is 7.15. The third-order valence-corrected chi connectivity index (χ3v) is 5.15. The van der Waals surface area contributed by atoms with Gasteiger partial charge in [-0.1, -0.05) is 31.6 Å². The minimum atomic E-state index is -0.0220. The molecule has 0 fully saturated rings. The summed E-state index contributed by atoms with van der Waals surface area (Å²) in [5, 5.41) is 23.0. The minimum Gasteiger partial charge on any atom is -0.301 e. The molecule has 0 radical (unpaired) electrons. The molecule has 0 aromatic carbocycles. The van der Waals surface area contributed by atoms with Crippen molar-refractivity contribution in [2.45, 2.75) is 58.8 Å². The van der Waals surface area contributed by atoms with Gasteiger partial charge in [-0.15, -0.1) is 31.7 Å². The molecule has 22 heavy (non-hydrogen) atoms. The van der Waals surface area contributed by atoms with E-state index in [2.05, 4.69) is 32.6 Å². The Morgan fingerprint density at radius 3 is 2.18 bits per heavy atom. The monoisotopic (exact) mass is 339 g/mol. The van der Waals surface area contributed by atoms with Crippen molar-refractivity contribution in [1.82, 2.24) is 20.4 Å². The molecule has 0 atom stereocenters. The number of aromatic nitrogens is 4. The molecule has 0 unspecified atom stereocenters. The average Bonchev–Trinajstić information content (AvgIpc) is 3.16. The van der Waals surface area contributed by atoms with Gasteiger partial charge in [0, 0.05) is 19.3 Å². The molecule has 2 heterocycles. The summed E-state index contributed by atoms with van der Waals surface area (Å²) < 4.78 is 0. The van der Waals surface area contributed by atoms with Crippen LogP contribution in [-0.4, -0.2) is 26.3 Å². The van der Waals surface area contributed by atoms with Gasteiger partial charge >= 0.3 is 0 Å². The van der Waals surface area contributed by atoms with E-state index in [1.54, 1.807) is 11.3 Å². The second kappa shape index (κ2) is 8.89. The van der Waals surface area contributed by atoms with E-state index in [4.69, 9.17) is 0 Å². The van der Waals surface area contributed by atoms with E-state index >= 15 is 0 Å². The lowest BCUT2D eigenvalue weighted by Gasteiger charge is -1.97. The molecule has 0 saturated carbocycles. The number of amides is 1. The fraction of sp³-hybridized carbons (Fsp3) is 0.643. The minimum absolute atomic E-state index is 0.0220. The van der Waals surface area contributed by atoms with E-state index in [-0.39, 0.29) is 5.91 Å². The van der Waals surface area contributed by atoms with E-state index in [1.807, 2.05) is 6.92 Å². The Balaban J connectivity index is 1.63. The molecule has 1 N–H and O–H groups in total. The van der Waals surface area contributed by atoms with Crippen LogP contribution in [0, 0.1) is 0 Å². The smallest absolute Gasteiger partial charge is 0.225 e. The zero-order chi connectivity index (χ0) is 15.8. The van der Waals surface area contributed by atoms with Gasteiger partial charge < -0.3 is 5.32 Å². The summed E-state index contributed by atoms with van der Waals surface area (Å²) in [6, 6.07) is 0. The molecule has 0 aliphatic carbocycles. The van der Waals surface area contributed by atoms with Crippen molar-refractivity contribution < 1.29 is 4.79 Å². The lowest BCUT2D eigenvalue weighted by molar-refractivity contribution is -0.115. The summed E-state index contributed by atoms with van der Waals surface area (Å²) in [5.74, 6) is -0.0220. The van der Waals surface area contributed by atoms with E-state index in [9.17, 15) is 4.79 Å². The highest BCUT2D eigenvalue weighted by Crippen LogP contribution is 2.18. The van der Waals surface area contributed by atoms with Gasteiger partial charge in [0.05, 0.1) is 0 Å². The Bertz CT molecular complexity index is 596. The summed E-state index contributed by atoms with van der Waals surface area (Å²) in [7, 11) is 0. The maximum Gasteiger partial charge on any atom is 0.225 e. The number of unbranched alkanes of at least 4 members (excludes halogenated alkanes) is 2. The molecule has 0 bridgehead atoms. The topological polar surface area (TPSA) is 80.7 Å². The molecule has 6 nitrogen and oxygen atoms in total. The third kappa shape index (κ3) is 5.42. The van der Waals surface area contributed by atoms with Gasteiger partial charge in [0.2, 0.25) is 11.0 Å². The molecule has 2 aromatic rings. The van der Waals surface area contributed by atoms with Gasteiger partial charge in [0.15, 0.2) is 0 Å². The number of hydrogen-bond acceptors (Lipinski definition) is 7. The predicted octanol–water partition coefficient (Wildman–Crippen LogP) is 3.26. The zero-order valence-corrected chi connectivity index (χ0v) is 14.6. The number of carbonyl (C=O) groups excluding carboxylic acids is 1. The summed E-state index contributed by atoms with van der Waals surface area (Å²) in [6.07, 6.45) is 6.68. The Labute approximate surface area is 138 Å². The number of nitrogens with one attached hydrogen (secondary N) is 1. The van der Waals surface area contributed by atoms with Crippen LogP contribution < -0.4 is 5.32 Å². The van der Waals surface area contributed by atoms with Crippen molar-refractivity contribution in [3.8, 4) is 0 Å². The van der Waals surface area contributed by atoms with Crippen molar-refractivity contribution >= 4 is 33.7 Å². The van der Waals surface area contributed by atoms with E-state index < -0.39 is 0 Å². The van der Waals surface area contributed by atoms with Crippen molar-refractivity contribution in [2.24, 2.45) is 0 Å². The van der Waals surface area contributed by atoms with Gasteiger partial charge in [-0.25, -0.2) is 0 Å². The predicted molar refractivity (Wildman–Crippen MR) is 89.4 cm³/mol. The van der Waals surface area contributed by atoms with E-state index in [1.165, 1.54) is 11.3 Å². The normalized spacial score (nSPS) is 10.8. The van der Waals surface area contributed by atoms with Gasteiger partial charge in [-0.05, 0) is 19.3 Å². The van der Waals surface area contributed by atoms with Crippen LogP contribution in [0.4, 0.5) is 5.13 Å². The molecular formula is C14H21N5OS2. The Morgan fingerprint density at radius 1 is 0.909 bits per heavy atom. The zero-order valence-electron chi connectivity index (χ0n) is 13.0. The summed E-state index contributed by atoms with van der Waals surface area (Å²) >= 11 is 3.18. The van der Waals surface area contributed by atoms with Crippen LogP contribution in [0.2, 0.25) is 0 Å². The fourth-order valence-corrected chi connectivity index (χ4v) is 3.50. The first-order valence-electron chi connectivity index (χ1n) is 7.64. The molecule has 2 aromatic heterocycles. The summed E-state index contributed by atoms with van der Waals surface area (Å²) in [6.45, 7) is 3.92. The highest BCUT2D eigenvalue weighted by atomic mass is 32.1. The van der Waals surface area contributed by atoms with Crippen LogP contribution in [0.15, 0.2) is 0 Å². The maximum atomic E-state index is 11.3. The van der Waals surface area contributed by atoms with Crippen molar-refractivity contribution in [2.75, 3.05) is 5.32 Å². The van der Waals surface area contributed by atoms with Gasteiger partial charge in [0.1, 0.15) is 15.0 Å². The average molecular weight is 339 g/mol. The lowest BCUT2D eigenvalue weighted by Crippen LogP contribution is -2.08. The molecule has 1 amide bonds. The number of nitrogens with zero attached hydrogens (tertiary/aromatic N) is 4. The molecule has 0 saturated heterocycles. The number of aryl methyl sites for hydroxylation is 3. The highest BCUT2D eigenvalue weighted by Gasteiger charge is 2.07. The molecule has 120 valence electrons. The molecule has 8 heteroatoms. The van der Waals surface area contributed by atoms with Gasteiger partial charge in [0.25, 0.3) is 0 Å². The number of rotatable bonds is 9. The largest absolute Gasteiger partial charge is 0.301 e. The van der Waals surface area contributed by atoms with Crippen LogP contribution >= 0.6 is 22.7 Å². The Morgan fingerprint density at radius 2 is 1.55 bits per heavy atom. The van der Waals surface area contributed by atoms with Gasteiger partial charge in [-0.3, -0.25) is 4.79 Å². The van der Waals surface area contributed by atoms with Crippen LogP contribution in [0.3, 0.4) is 0 Å². The van der Waals surface area contributed by atoms with Crippen LogP contribution in [0.5, 0.6) is 0 Å². The molecule has 0 aliphatic heterocycles. The van der Waals surface area contributed by atoms with Gasteiger partial charge in [-0.2, -0.15) is 0 Å². The van der Waals surface area contributed by atoms with E-state index in [0.29, 0.717) is 11.6 Å². The standard InChI is InChI=1S/C14H21N5OS2/c1-3-10(20)15-14-19-18-13(22-14)9-7-5-6-8-12-17-16-11(4-2)21-12/h3-9H2,1-2H3,(H,15,19,20). The third-order valence-electron chi connectivity index (χ3n) is 3.13. The number of anilines is 1. The first kappa shape index (κ1) is 17.0. The SMILES string of the molecule is CCC(=O)Nc1nnc(CCCCCc2nnc(CC)s2)s1. The number of carbonyl (C=O) groups is 1. The first-order chi connectivity index (χ1) is 10.7. The Kier molecular flexibility index (Phi) is 6.85. The molecule has 0 aliphatic rings. The molecular weight excluding hydrogens is 318 g/mol. The summed E-state index contributed by atoms with van der Waals surface area (Å²) in [4.78, 5) is 11.3. The van der Waals surface area contributed by atoms with Crippen LogP contribution in [0.25, 0.3) is 0 Å². The quantitative estimate of drug-likeness (QED) is 0.709.